The highest BCUT2D eigenvalue weighted by molar-refractivity contribution is 7.80. The Morgan fingerprint density at radius 2 is 1.22 bits per heavy atom. The average Bonchev–Trinajstić information content (AvgIpc) is 2.75. The van der Waals surface area contributed by atoms with Crippen molar-refractivity contribution in [1.29, 1.82) is 0 Å². The number of thiocarbonyl (C=S) groups is 1. The van der Waals surface area contributed by atoms with Gasteiger partial charge in [0.2, 0.25) is 0 Å². The second-order valence-electron chi connectivity index (χ2n) is 6.74. The molecule has 2 aromatic rings. The predicted molar refractivity (Wildman–Crippen MR) is 126 cm³/mol. The second-order valence-corrected chi connectivity index (χ2v) is 8.66. The van der Waals surface area contributed by atoms with Crippen LogP contribution in [0.1, 0.15) is 31.8 Å². The molecule has 0 unspecified atom stereocenters. The monoisotopic (exact) mass is 615 g/mol. The standard InChI is InChI=1S/C19H11Cl4F6N3O3S/c20-11-9(10(16(34)35)12(21)14(23)13(11)22)15(33)30-1-2-31-17(36)32-8-4-6(18(24,25)26)3-7(5-8)19(27,28)29/h3-5H,1-2H2,(H,30,33)(H,34,35)(H2,31,32,36). The van der Waals surface area contributed by atoms with E-state index in [1.54, 1.807) is 0 Å². The summed E-state index contributed by atoms with van der Waals surface area (Å²) >= 11 is 28.3. The van der Waals surface area contributed by atoms with Gasteiger partial charge in [0, 0.05) is 18.8 Å². The van der Waals surface area contributed by atoms with E-state index in [2.05, 4.69) is 16.0 Å². The molecule has 0 fully saturated rings. The van der Waals surface area contributed by atoms with Crippen molar-refractivity contribution in [2.45, 2.75) is 12.4 Å². The van der Waals surface area contributed by atoms with E-state index in [9.17, 15) is 41.0 Å². The Morgan fingerprint density at radius 1 is 0.778 bits per heavy atom. The van der Waals surface area contributed by atoms with Crippen LogP contribution in [-0.2, 0) is 12.4 Å². The van der Waals surface area contributed by atoms with Crippen molar-refractivity contribution in [1.82, 2.24) is 10.6 Å². The fraction of sp³-hybridized carbons (Fsp3) is 0.211. The van der Waals surface area contributed by atoms with Gasteiger partial charge in [0.1, 0.15) is 0 Å². The Balaban J connectivity index is 2.08. The molecule has 1 amide bonds. The van der Waals surface area contributed by atoms with E-state index >= 15 is 0 Å². The highest BCUT2D eigenvalue weighted by Crippen LogP contribution is 2.41. The zero-order valence-corrected chi connectivity index (χ0v) is 20.9. The number of aromatic carboxylic acids is 1. The van der Waals surface area contributed by atoms with Crippen molar-refractivity contribution < 1.29 is 41.0 Å². The molecular weight excluding hydrogens is 606 g/mol. The van der Waals surface area contributed by atoms with Gasteiger partial charge in [0.15, 0.2) is 5.11 Å². The lowest BCUT2D eigenvalue weighted by molar-refractivity contribution is -0.143. The van der Waals surface area contributed by atoms with Crippen molar-refractivity contribution in [3.05, 3.63) is 60.5 Å². The highest BCUT2D eigenvalue weighted by Gasteiger charge is 2.37. The lowest BCUT2D eigenvalue weighted by Gasteiger charge is -2.16. The van der Waals surface area contributed by atoms with Gasteiger partial charge in [-0.05, 0) is 30.4 Å². The maximum Gasteiger partial charge on any atom is 0.416 e. The minimum Gasteiger partial charge on any atom is -0.478 e. The lowest BCUT2D eigenvalue weighted by atomic mass is 10.1. The van der Waals surface area contributed by atoms with Gasteiger partial charge in [0.05, 0.1) is 42.3 Å². The summed E-state index contributed by atoms with van der Waals surface area (Å²) in [7, 11) is 0. The van der Waals surface area contributed by atoms with Crippen LogP contribution in [0.15, 0.2) is 18.2 Å². The van der Waals surface area contributed by atoms with E-state index in [0.29, 0.717) is 12.1 Å². The van der Waals surface area contributed by atoms with Gasteiger partial charge in [-0.25, -0.2) is 4.79 Å². The molecule has 0 saturated heterocycles. The first-order valence-corrected chi connectivity index (χ1v) is 11.1. The molecule has 4 N–H and O–H groups in total. The molecular formula is C19H11Cl4F6N3O3S. The van der Waals surface area contributed by atoms with Crippen LogP contribution < -0.4 is 16.0 Å². The highest BCUT2D eigenvalue weighted by atomic mass is 35.5. The van der Waals surface area contributed by atoms with Gasteiger partial charge in [0.25, 0.3) is 5.91 Å². The number of carboxylic acid groups (broad SMARTS) is 1. The first kappa shape index (κ1) is 30.0. The fourth-order valence-electron chi connectivity index (χ4n) is 2.69. The molecule has 6 nitrogen and oxygen atoms in total. The summed E-state index contributed by atoms with van der Waals surface area (Å²) in [6.07, 6.45) is -10.1. The van der Waals surface area contributed by atoms with Gasteiger partial charge in [-0.3, -0.25) is 4.79 Å². The first-order valence-electron chi connectivity index (χ1n) is 9.16. The minimum atomic E-state index is -5.04. The number of rotatable bonds is 6. The summed E-state index contributed by atoms with van der Waals surface area (Å²) < 4.78 is 77.8. The number of amides is 1. The molecule has 2 aromatic carbocycles. The van der Waals surface area contributed by atoms with Crippen LogP contribution in [0.5, 0.6) is 0 Å². The number of halogens is 10. The van der Waals surface area contributed by atoms with E-state index in [0.717, 1.165) is 0 Å². The third-order valence-corrected chi connectivity index (χ3v) is 6.30. The lowest BCUT2D eigenvalue weighted by Crippen LogP contribution is -2.37. The van der Waals surface area contributed by atoms with Crippen LogP contribution in [0.4, 0.5) is 32.0 Å². The van der Waals surface area contributed by atoms with E-state index in [1.807, 2.05) is 0 Å². The number of carbonyl (C=O) groups excluding carboxylic acids is 1. The predicted octanol–water partition coefficient (Wildman–Crippen LogP) is 6.75. The number of alkyl halides is 6. The summed E-state index contributed by atoms with van der Waals surface area (Å²) in [5.74, 6) is -2.63. The summed E-state index contributed by atoms with van der Waals surface area (Å²) in [6.45, 7) is -0.429. The molecule has 0 radical (unpaired) electrons. The van der Waals surface area contributed by atoms with Gasteiger partial charge in [-0.1, -0.05) is 46.4 Å². The van der Waals surface area contributed by atoms with Crippen molar-refractivity contribution in [3.63, 3.8) is 0 Å². The molecule has 0 aliphatic carbocycles. The molecule has 0 heterocycles. The third kappa shape index (κ3) is 7.19. The Kier molecular flexibility index (Phi) is 9.57. The third-order valence-electron chi connectivity index (χ3n) is 4.25. The number of nitrogens with one attached hydrogen (secondary N) is 3. The summed E-state index contributed by atoms with van der Waals surface area (Å²) in [5.41, 5.74) is -4.94. The average molecular weight is 617 g/mol. The molecule has 0 atom stereocenters. The smallest absolute Gasteiger partial charge is 0.416 e. The number of benzene rings is 2. The Labute approximate surface area is 223 Å². The molecule has 0 bridgehead atoms. The van der Waals surface area contributed by atoms with Crippen molar-refractivity contribution in [2.24, 2.45) is 0 Å². The van der Waals surface area contributed by atoms with Crippen LogP contribution in [0.25, 0.3) is 0 Å². The van der Waals surface area contributed by atoms with Crippen molar-refractivity contribution in [2.75, 3.05) is 18.4 Å². The second kappa shape index (κ2) is 11.5. The first-order chi connectivity index (χ1) is 16.4. The molecule has 0 spiro atoms. The topological polar surface area (TPSA) is 90.5 Å². The number of carbonyl (C=O) groups is 2. The molecule has 0 saturated carbocycles. The van der Waals surface area contributed by atoms with Crippen LogP contribution in [-0.4, -0.2) is 35.2 Å². The van der Waals surface area contributed by atoms with Gasteiger partial charge in [-0.15, -0.1) is 0 Å². The van der Waals surface area contributed by atoms with Crippen LogP contribution in [0.2, 0.25) is 20.1 Å². The van der Waals surface area contributed by atoms with Crippen molar-refractivity contribution in [3.8, 4) is 0 Å². The normalized spacial score (nSPS) is 11.7. The SMILES string of the molecule is O=C(O)c1c(Cl)c(Cl)c(Cl)c(Cl)c1C(=O)NCCNC(=S)Nc1cc(C(F)(F)F)cc(C(F)(F)F)c1. The number of hydrogen-bond donors (Lipinski definition) is 4. The van der Waals surface area contributed by atoms with Crippen LogP contribution in [0, 0.1) is 0 Å². The molecule has 0 aromatic heterocycles. The van der Waals surface area contributed by atoms with Crippen LogP contribution >= 0.6 is 58.6 Å². The Hall–Kier alpha value is -2.19. The number of carboxylic acids is 1. The zero-order valence-electron chi connectivity index (χ0n) is 17.1. The maximum atomic E-state index is 13.0. The molecule has 196 valence electrons. The van der Waals surface area contributed by atoms with E-state index in [4.69, 9.17) is 58.6 Å². The minimum absolute atomic E-state index is 0.0387. The largest absolute Gasteiger partial charge is 0.478 e. The van der Waals surface area contributed by atoms with E-state index in [-0.39, 0.29) is 34.3 Å². The van der Waals surface area contributed by atoms with Gasteiger partial charge < -0.3 is 21.1 Å². The quantitative estimate of drug-likeness (QED) is 0.0944. The summed E-state index contributed by atoms with van der Waals surface area (Å²) in [4.78, 5) is 24.0. The fourth-order valence-corrected chi connectivity index (χ4v) is 3.93. The summed E-state index contributed by atoms with van der Waals surface area (Å²) in [5, 5.41) is 14.2. The zero-order chi connectivity index (χ0) is 27.6. The van der Waals surface area contributed by atoms with Gasteiger partial charge in [-0.2, -0.15) is 26.3 Å². The molecule has 17 heteroatoms. The molecule has 0 aliphatic rings. The molecule has 0 aliphatic heterocycles. The number of anilines is 1. The molecule has 2 rings (SSSR count). The van der Waals surface area contributed by atoms with E-state index < -0.39 is 62.2 Å². The van der Waals surface area contributed by atoms with E-state index in [1.165, 1.54) is 0 Å². The van der Waals surface area contributed by atoms with Crippen LogP contribution in [0.3, 0.4) is 0 Å². The van der Waals surface area contributed by atoms with Gasteiger partial charge >= 0.3 is 18.3 Å². The summed E-state index contributed by atoms with van der Waals surface area (Å²) in [6, 6.07) is 0.839. The Morgan fingerprint density at radius 3 is 1.67 bits per heavy atom. The Bertz CT molecular complexity index is 1190. The maximum absolute atomic E-state index is 13.0. The number of hydrogen-bond acceptors (Lipinski definition) is 3. The van der Waals surface area contributed by atoms with Crippen molar-refractivity contribution >= 4 is 81.3 Å². The molecule has 36 heavy (non-hydrogen) atoms.